The number of fused-ring (bicyclic) bond motifs is 1. The fraction of sp³-hybridized carbons (Fsp3) is 0.385. The van der Waals surface area contributed by atoms with Crippen LogP contribution in [0.25, 0.3) is 5.57 Å². The normalized spacial score (nSPS) is 14.7. The lowest BCUT2D eigenvalue weighted by molar-refractivity contribution is -0.159. The summed E-state index contributed by atoms with van der Waals surface area (Å²) in [6.07, 6.45) is 0.879. The molecule has 7 nitrogen and oxygen atoms in total. The lowest BCUT2D eigenvalue weighted by Crippen LogP contribution is -2.28. The predicted octanol–water partition coefficient (Wildman–Crippen LogP) is 4.37. The Kier molecular flexibility index (Phi) is 7.63. The van der Waals surface area contributed by atoms with Crippen LogP contribution < -0.4 is 14.2 Å². The Labute approximate surface area is 194 Å². The predicted molar refractivity (Wildman–Crippen MR) is 124 cm³/mol. The van der Waals surface area contributed by atoms with Crippen molar-refractivity contribution in [1.29, 1.82) is 0 Å². The quantitative estimate of drug-likeness (QED) is 0.411. The second-order valence-corrected chi connectivity index (χ2v) is 7.61. The monoisotopic (exact) mass is 454 g/mol. The molecule has 1 atom stereocenters. The van der Waals surface area contributed by atoms with Crippen molar-refractivity contribution in [2.75, 3.05) is 35.5 Å². The highest BCUT2D eigenvalue weighted by molar-refractivity contribution is 5.96. The molecule has 176 valence electrons. The first-order chi connectivity index (χ1) is 16.0. The number of carbonyl (C=O) groups is 2. The first-order valence-electron chi connectivity index (χ1n) is 10.7. The lowest BCUT2D eigenvalue weighted by atomic mass is 9.84. The summed E-state index contributed by atoms with van der Waals surface area (Å²) in [5, 5.41) is 0. The molecule has 2 aromatic carbocycles. The van der Waals surface area contributed by atoms with E-state index in [0.29, 0.717) is 23.7 Å². The van der Waals surface area contributed by atoms with Crippen LogP contribution in [0, 0.1) is 5.92 Å². The summed E-state index contributed by atoms with van der Waals surface area (Å²) in [5.74, 6) is -1.12. The van der Waals surface area contributed by atoms with E-state index in [2.05, 4.69) is 6.92 Å². The second kappa shape index (κ2) is 10.4. The minimum absolute atomic E-state index is 0.178. The van der Waals surface area contributed by atoms with Gasteiger partial charge in [0, 0.05) is 11.5 Å². The van der Waals surface area contributed by atoms with Gasteiger partial charge in [0.2, 0.25) is 5.75 Å². The van der Waals surface area contributed by atoms with E-state index in [1.54, 1.807) is 21.3 Å². The molecule has 0 spiro atoms. The van der Waals surface area contributed by atoms with E-state index in [1.165, 1.54) is 14.2 Å². The minimum atomic E-state index is -1.08. The fourth-order valence-corrected chi connectivity index (χ4v) is 4.69. The third-order valence-electron chi connectivity index (χ3n) is 6.11. The maximum atomic E-state index is 12.5. The van der Waals surface area contributed by atoms with Crippen LogP contribution >= 0.6 is 0 Å². The third-order valence-corrected chi connectivity index (χ3v) is 6.11. The Morgan fingerprint density at radius 3 is 1.97 bits per heavy atom. The summed E-state index contributed by atoms with van der Waals surface area (Å²) in [5.41, 5.74) is 4.92. The van der Waals surface area contributed by atoms with E-state index in [9.17, 15) is 9.59 Å². The maximum Gasteiger partial charge on any atom is 0.320 e. The summed E-state index contributed by atoms with van der Waals surface area (Å²) < 4.78 is 26.9. The molecule has 1 aliphatic carbocycles. The summed E-state index contributed by atoms with van der Waals surface area (Å²) in [6, 6.07) is 11.9. The summed E-state index contributed by atoms with van der Waals surface area (Å²) >= 11 is 0. The molecule has 0 bridgehead atoms. The average molecular weight is 455 g/mol. The molecule has 0 saturated carbocycles. The minimum Gasteiger partial charge on any atom is -0.493 e. The average Bonchev–Trinajstić information content (AvgIpc) is 3.17. The molecule has 2 aromatic rings. The van der Waals surface area contributed by atoms with Gasteiger partial charge in [-0.05, 0) is 35.6 Å². The van der Waals surface area contributed by atoms with Crippen molar-refractivity contribution in [2.24, 2.45) is 5.92 Å². The van der Waals surface area contributed by atoms with Crippen molar-refractivity contribution in [3.05, 3.63) is 58.7 Å². The van der Waals surface area contributed by atoms with Crippen molar-refractivity contribution in [1.82, 2.24) is 0 Å². The van der Waals surface area contributed by atoms with Gasteiger partial charge in [-0.2, -0.15) is 0 Å². The van der Waals surface area contributed by atoms with Gasteiger partial charge in [0.15, 0.2) is 17.4 Å². The number of hydrogen-bond acceptors (Lipinski definition) is 7. The molecule has 0 aliphatic heterocycles. The van der Waals surface area contributed by atoms with E-state index in [1.807, 2.05) is 36.4 Å². The number of esters is 2. The number of hydrogen-bond donors (Lipinski definition) is 0. The summed E-state index contributed by atoms with van der Waals surface area (Å²) in [7, 11) is 7.23. The highest BCUT2D eigenvalue weighted by atomic mass is 16.5. The molecule has 0 fully saturated rings. The Balaban J connectivity index is 2.32. The standard InChI is InChI=1S/C26H30O7/c1-7-16-17(13-19(25(27)32-5)26(28)33-6)22-18(21(16)15-11-9-8-10-12-15)14-20(29-2)23(30-3)24(22)31-4/h8-12,14,17,19H,7,13H2,1-6H3. The van der Waals surface area contributed by atoms with Crippen LogP contribution in [0.3, 0.4) is 0 Å². The molecule has 1 unspecified atom stereocenters. The first kappa shape index (κ1) is 24.2. The van der Waals surface area contributed by atoms with Crippen LogP contribution in [0.4, 0.5) is 0 Å². The zero-order chi connectivity index (χ0) is 24.1. The third kappa shape index (κ3) is 4.27. The highest BCUT2D eigenvalue weighted by Crippen LogP contribution is 2.56. The fourth-order valence-electron chi connectivity index (χ4n) is 4.69. The number of ether oxygens (including phenoxy) is 5. The number of benzene rings is 2. The van der Waals surface area contributed by atoms with Crippen LogP contribution in [0.1, 0.15) is 42.4 Å². The molecule has 0 radical (unpaired) electrons. The number of carbonyl (C=O) groups excluding carboxylic acids is 2. The Morgan fingerprint density at radius 1 is 0.879 bits per heavy atom. The maximum absolute atomic E-state index is 12.5. The van der Waals surface area contributed by atoms with E-state index in [4.69, 9.17) is 23.7 Å². The van der Waals surface area contributed by atoms with Gasteiger partial charge < -0.3 is 23.7 Å². The molecule has 0 N–H and O–H groups in total. The van der Waals surface area contributed by atoms with E-state index >= 15 is 0 Å². The van der Waals surface area contributed by atoms with Crippen molar-refractivity contribution in [3.63, 3.8) is 0 Å². The topological polar surface area (TPSA) is 80.3 Å². The van der Waals surface area contributed by atoms with Gasteiger partial charge in [0.25, 0.3) is 0 Å². The van der Waals surface area contributed by atoms with Crippen molar-refractivity contribution in [2.45, 2.75) is 25.7 Å². The molecule has 7 heteroatoms. The van der Waals surface area contributed by atoms with E-state index < -0.39 is 17.9 Å². The van der Waals surface area contributed by atoms with E-state index in [0.717, 1.165) is 27.8 Å². The van der Waals surface area contributed by atoms with Gasteiger partial charge in [-0.25, -0.2) is 0 Å². The number of rotatable bonds is 9. The largest absolute Gasteiger partial charge is 0.493 e. The van der Waals surface area contributed by atoms with Gasteiger partial charge in [-0.15, -0.1) is 0 Å². The van der Waals surface area contributed by atoms with Crippen molar-refractivity contribution < 1.29 is 33.3 Å². The van der Waals surface area contributed by atoms with Gasteiger partial charge in [0.05, 0.1) is 35.5 Å². The Hall–Kier alpha value is -3.48. The Morgan fingerprint density at radius 2 is 1.48 bits per heavy atom. The second-order valence-electron chi connectivity index (χ2n) is 7.61. The van der Waals surface area contributed by atoms with Crippen molar-refractivity contribution >= 4 is 17.5 Å². The lowest BCUT2D eigenvalue weighted by Gasteiger charge is -2.23. The molecule has 0 saturated heterocycles. The molecule has 0 amide bonds. The van der Waals surface area contributed by atoms with Gasteiger partial charge >= 0.3 is 11.9 Å². The van der Waals surface area contributed by atoms with Gasteiger partial charge in [0.1, 0.15) is 0 Å². The Bertz CT molecular complexity index is 1040. The van der Waals surface area contributed by atoms with Crippen LogP contribution in [-0.4, -0.2) is 47.5 Å². The summed E-state index contributed by atoms with van der Waals surface area (Å²) in [4.78, 5) is 25.0. The smallest absolute Gasteiger partial charge is 0.320 e. The van der Waals surface area contributed by atoms with Gasteiger partial charge in [-0.3, -0.25) is 9.59 Å². The summed E-state index contributed by atoms with van der Waals surface area (Å²) in [6.45, 7) is 2.06. The molecular formula is C26H30O7. The zero-order valence-corrected chi connectivity index (χ0v) is 19.9. The SMILES string of the molecule is CCC1=C(c2ccccc2)c2cc(OC)c(OC)c(OC)c2C1CC(C(=O)OC)C(=O)OC. The molecular weight excluding hydrogens is 424 g/mol. The van der Waals surface area contributed by atoms with Crippen LogP contribution in [0.5, 0.6) is 17.2 Å². The van der Waals surface area contributed by atoms with Crippen molar-refractivity contribution in [3.8, 4) is 17.2 Å². The molecule has 1 aliphatic rings. The first-order valence-corrected chi connectivity index (χ1v) is 10.7. The number of methoxy groups -OCH3 is 5. The molecule has 0 heterocycles. The number of allylic oxidation sites excluding steroid dienone is 1. The van der Waals surface area contributed by atoms with Gasteiger partial charge in [-0.1, -0.05) is 42.8 Å². The van der Waals surface area contributed by atoms with Crippen LogP contribution in [-0.2, 0) is 19.1 Å². The van der Waals surface area contributed by atoms with Crippen LogP contribution in [0.15, 0.2) is 42.0 Å². The van der Waals surface area contributed by atoms with Crippen LogP contribution in [0.2, 0.25) is 0 Å². The van der Waals surface area contributed by atoms with E-state index in [-0.39, 0.29) is 12.3 Å². The zero-order valence-electron chi connectivity index (χ0n) is 19.9. The highest BCUT2D eigenvalue weighted by Gasteiger charge is 2.41. The molecule has 33 heavy (non-hydrogen) atoms. The molecule has 3 rings (SSSR count). The molecule has 0 aromatic heterocycles.